The zero-order valence-electron chi connectivity index (χ0n) is 14.0. The number of aromatic nitrogens is 3. The van der Waals surface area contributed by atoms with Gasteiger partial charge in [-0.3, -0.25) is 0 Å². The van der Waals surface area contributed by atoms with E-state index in [1.165, 1.54) is 0 Å². The first-order chi connectivity index (χ1) is 12.3. The van der Waals surface area contributed by atoms with Crippen LogP contribution in [0.1, 0.15) is 18.5 Å². The van der Waals surface area contributed by atoms with Crippen LogP contribution in [0.4, 0.5) is 10.9 Å². The number of nitrogens with zero attached hydrogens (tertiary/aromatic N) is 6. The van der Waals surface area contributed by atoms with Crippen molar-refractivity contribution in [3.63, 3.8) is 0 Å². The summed E-state index contributed by atoms with van der Waals surface area (Å²) in [7, 11) is 0. The third kappa shape index (κ3) is 3.43. The van der Waals surface area contributed by atoms with Gasteiger partial charge in [0, 0.05) is 31.6 Å². The summed E-state index contributed by atoms with van der Waals surface area (Å²) in [5, 5.41) is 18.3. The van der Waals surface area contributed by atoms with Gasteiger partial charge in [0.15, 0.2) is 0 Å². The van der Waals surface area contributed by atoms with Gasteiger partial charge in [0.1, 0.15) is 23.1 Å². The molecule has 8 heteroatoms. The number of piperidine rings is 1. The Morgan fingerprint density at radius 3 is 3.00 bits per heavy atom. The summed E-state index contributed by atoms with van der Waals surface area (Å²) in [5.41, 5.74) is 2.28. The molecular formula is C17H20N6OS. The molecule has 0 aliphatic carbocycles. The summed E-state index contributed by atoms with van der Waals surface area (Å²) < 4.78 is 5.97. The van der Waals surface area contributed by atoms with Crippen LogP contribution in [-0.2, 0) is 4.74 Å². The monoisotopic (exact) mass is 356 g/mol. The average molecular weight is 356 g/mol. The van der Waals surface area contributed by atoms with Gasteiger partial charge in [-0.05, 0) is 25.0 Å². The van der Waals surface area contributed by atoms with Crippen LogP contribution in [-0.4, -0.2) is 54.6 Å². The summed E-state index contributed by atoms with van der Waals surface area (Å²) in [6.45, 7) is 5.03. The van der Waals surface area contributed by atoms with E-state index in [1.807, 2.05) is 12.1 Å². The molecule has 25 heavy (non-hydrogen) atoms. The molecule has 2 aliphatic heterocycles. The van der Waals surface area contributed by atoms with Gasteiger partial charge in [-0.15, -0.1) is 10.2 Å². The Morgan fingerprint density at radius 1 is 1.24 bits per heavy atom. The Bertz CT molecular complexity index is 761. The highest BCUT2D eigenvalue weighted by Gasteiger charge is 2.40. The number of hydrogen-bond donors (Lipinski definition) is 0. The molecule has 2 aromatic heterocycles. The Balaban J connectivity index is 1.57. The van der Waals surface area contributed by atoms with Crippen LogP contribution in [0.3, 0.4) is 0 Å². The smallest absolute Gasteiger partial charge is 0.208 e. The van der Waals surface area contributed by atoms with Gasteiger partial charge in [0.05, 0.1) is 13.2 Å². The molecule has 4 rings (SSSR count). The SMILES string of the molecule is N#Cc1cccc(N2CCOC[C@@]3(CCCN(c4nncs4)C3)C2)n1. The third-order valence-electron chi connectivity index (χ3n) is 4.89. The number of ether oxygens (including phenoxy) is 1. The maximum absolute atomic E-state index is 9.12. The van der Waals surface area contributed by atoms with Gasteiger partial charge in [0.2, 0.25) is 5.13 Å². The summed E-state index contributed by atoms with van der Waals surface area (Å²) >= 11 is 1.58. The van der Waals surface area contributed by atoms with Crippen LogP contribution in [0.25, 0.3) is 0 Å². The quantitative estimate of drug-likeness (QED) is 0.813. The number of anilines is 2. The van der Waals surface area contributed by atoms with Crippen molar-refractivity contribution in [1.82, 2.24) is 15.2 Å². The first-order valence-electron chi connectivity index (χ1n) is 8.49. The number of pyridine rings is 1. The van der Waals surface area contributed by atoms with Crippen molar-refractivity contribution in [1.29, 1.82) is 5.26 Å². The van der Waals surface area contributed by atoms with E-state index in [1.54, 1.807) is 22.9 Å². The molecule has 0 saturated carbocycles. The summed E-state index contributed by atoms with van der Waals surface area (Å²) in [5.74, 6) is 0.858. The second kappa shape index (κ2) is 6.94. The highest BCUT2D eigenvalue weighted by Crippen LogP contribution is 2.36. The van der Waals surface area contributed by atoms with Gasteiger partial charge in [-0.1, -0.05) is 17.4 Å². The van der Waals surface area contributed by atoms with Crippen molar-refractivity contribution < 1.29 is 4.74 Å². The van der Waals surface area contributed by atoms with E-state index in [0.717, 1.165) is 56.6 Å². The number of hydrogen-bond acceptors (Lipinski definition) is 8. The molecule has 1 atom stereocenters. The van der Waals surface area contributed by atoms with Crippen molar-refractivity contribution in [3.05, 3.63) is 29.4 Å². The van der Waals surface area contributed by atoms with E-state index in [4.69, 9.17) is 10.00 Å². The van der Waals surface area contributed by atoms with Crippen LogP contribution < -0.4 is 9.80 Å². The fourth-order valence-electron chi connectivity index (χ4n) is 3.77. The molecule has 130 valence electrons. The minimum atomic E-state index is 0.0464. The predicted molar refractivity (Wildman–Crippen MR) is 95.8 cm³/mol. The lowest BCUT2D eigenvalue weighted by molar-refractivity contribution is 0.0598. The molecule has 2 aliphatic rings. The number of rotatable bonds is 2. The van der Waals surface area contributed by atoms with E-state index in [0.29, 0.717) is 12.3 Å². The second-order valence-electron chi connectivity index (χ2n) is 6.71. The molecule has 7 nitrogen and oxygen atoms in total. The molecule has 2 aromatic rings. The molecule has 0 unspecified atom stereocenters. The molecule has 0 aromatic carbocycles. The predicted octanol–water partition coefficient (Wildman–Crippen LogP) is 1.93. The van der Waals surface area contributed by atoms with E-state index in [-0.39, 0.29) is 5.41 Å². The molecule has 2 saturated heterocycles. The van der Waals surface area contributed by atoms with Crippen molar-refractivity contribution in [3.8, 4) is 6.07 Å². The first kappa shape index (κ1) is 16.2. The molecule has 0 N–H and O–H groups in total. The van der Waals surface area contributed by atoms with E-state index in [2.05, 4.69) is 31.1 Å². The maximum Gasteiger partial charge on any atom is 0.208 e. The zero-order valence-corrected chi connectivity index (χ0v) is 14.8. The fourth-order valence-corrected chi connectivity index (χ4v) is 4.36. The van der Waals surface area contributed by atoms with E-state index < -0.39 is 0 Å². The van der Waals surface area contributed by atoms with E-state index >= 15 is 0 Å². The molecule has 1 spiro atoms. The van der Waals surface area contributed by atoms with Crippen molar-refractivity contribution in [2.45, 2.75) is 12.8 Å². The highest BCUT2D eigenvalue weighted by molar-refractivity contribution is 7.13. The fraction of sp³-hybridized carbons (Fsp3) is 0.529. The lowest BCUT2D eigenvalue weighted by Crippen LogP contribution is -2.51. The van der Waals surface area contributed by atoms with Gasteiger partial charge >= 0.3 is 0 Å². The summed E-state index contributed by atoms with van der Waals surface area (Å²) in [4.78, 5) is 9.07. The highest BCUT2D eigenvalue weighted by atomic mass is 32.1. The maximum atomic E-state index is 9.12. The van der Waals surface area contributed by atoms with Crippen molar-refractivity contribution in [2.75, 3.05) is 49.2 Å². The first-order valence-corrected chi connectivity index (χ1v) is 9.37. The Hall–Kier alpha value is -2.24. The Kier molecular flexibility index (Phi) is 4.51. The van der Waals surface area contributed by atoms with Crippen LogP contribution in [0.5, 0.6) is 0 Å². The lowest BCUT2D eigenvalue weighted by Gasteiger charge is -2.43. The second-order valence-corrected chi connectivity index (χ2v) is 7.53. The topological polar surface area (TPSA) is 78.2 Å². The van der Waals surface area contributed by atoms with Crippen LogP contribution in [0.2, 0.25) is 0 Å². The molecule has 0 radical (unpaired) electrons. The largest absolute Gasteiger partial charge is 0.379 e. The zero-order chi connectivity index (χ0) is 17.1. The summed E-state index contributed by atoms with van der Waals surface area (Å²) in [6, 6.07) is 7.74. The van der Waals surface area contributed by atoms with Gasteiger partial charge in [0.25, 0.3) is 0 Å². The molecular weight excluding hydrogens is 336 g/mol. The molecule has 0 bridgehead atoms. The van der Waals surface area contributed by atoms with E-state index in [9.17, 15) is 0 Å². The minimum absolute atomic E-state index is 0.0464. The molecule has 0 amide bonds. The Morgan fingerprint density at radius 2 is 2.16 bits per heavy atom. The van der Waals surface area contributed by atoms with Crippen LogP contribution in [0, 0.1) is 16.7 Å². The minimum Gasteiger partial charge on any atom is -0.379 e. The van der Waals surface area contributed by atoms with Gasteiger partial charge in [-0.25, -0.2) is 4.98 Å². The third-order valence-corrected chi connectivity index (χ3v) is 5.64. The standard InChI is InChI=1S/C17H20N6OS/c18-9-14-3-1-4-15(20-14)22-7-8-24-12-17(10-22)5-2-6-23(11-17)16-21-19-13-25-16/h1,3-4,13H,2,5-8,10-12H2/t17-/m0/s1. The van der Waals surface area contributed by atoms with Crippen molar-refractivity contribution >= 4 is 22.3 Å². The Labute approximate surface area is 150 Å². The lowest BCUT2D eigenvalue weighted by atomic mass is 9.80. The van der Waals surface area contributed by atoms with Gasteiger partial charge in [-0.2, -0.15) is 5.26 Å². The summed E-state index contributed by atoms with van der Waals surface area (Å²) in [6.07, 6.45) is 2.24. The molecule has 2 fully saturated rings. The molecule has 4 heterocycles. The van der Waals surface area contributed by atoms with Gasteiger partial charge < -0.3 is 14.5 Å². The van der Waals surface area contributed by atoms with Crippen LogP contribution >= 0.6 is 11.3 Å². The normalized spacial score (nSPS) is 24.1. The number of nitriles is 1. The van der Waals surface area contributed by atoms with Crippen LogP contribution in [0.15, 0.2) is 23.7 Å². The van der Waals surface area contributed by atoms with Crippen molar-refractivity contribution in [2.24, 2.45) is 5.41 Å². The average Bonchev–Trinajstić information content (AvgIpc) is 3.12.